The maximum atomic E-state index is 5.53. The van der Waals surface area contributed by atoms with E-state index in [1.807, 2.05) is 25.2 Å². The monoisotopic (exact) mass is 227 g/mol. The van der Waals surface area contributed by atoms with Crippen molar-refractivity contribution in [2.24, 2.45) is 5.73 Å². The summed E-state index contributed by atoms with van der Waals surface area (Å²) in [6.07, 6.45) is 2.72. The van der Waals surface area contributed by atoms with E-state index in [2.05, 4.69) is 34.1 Å². The molecule has 0 aliphatic carbocycles. The fourth-order valence-electron chi connectivity index (χ4n) is 1.74. The third-order valence-electron chi connectivity index (χ3n) is 2.75. The molecule has 0 saturated carbocycles. The molecule has 0 spiro atoms. The lowest BCUT2D eigenvalue weighted by atomic mass is 10.1. The Morgan fingerprint density at radius 3 is 2.47 bits per heavy atom. The molecule has 1 heterocycles. The number of benzene rings is 1. The van der Waals surface area contributed by atoms with Gasteiger partial charge in [-0.05, 0) is 42.8 Å². The quantitative estimate of drug-likeness (QED) is 0.871. The van der Waals surface area contributed by atoms with E-state index in [1.54, 1.807) is 6.20 Å². The zero-order valence-electron chi connectivity index (χ0n) is 10.0. The lowest BCUT2D eigenvalue weighted by Gasteiger charge is -2.18. The second-order valence-electron chi connectivity index (χ2n) is 3.95. The van der Waals surface area contributed by atoms with Gasteiger partial charge in [-0.1, -0.05) is 18.2 Å². The van der Waals surface area contributed by atoms with Gasteiger partial charge >= 0.3 is 0 Å². The molecule has 1 aromatic carbocycles. The zero-order valence-corrected chi connectivity index (χ0v) is 10.0. The van der Waals surface area contributed by atoms with E-state index >= 15 is 0 Å². The van der Waals surface area contributed by atoms with E-state index in [-0.39, 0.29) is 0 Å². The first-order chi connectivity index (χ1) is 8.31. The first-order valence-corrected chi connectivity index (χ1v) is 5.75. The van der Waals surface area contributed by atoms with Crippen LogP contribution in [0.25, 0.3) is 0 Å². The van der Waals surface area contributed by atoms with E-state index in [4.69, 9.17) is 5.73 Å². The molecular weight excluding hydrogens is 210 g/mol. The lowest BCUT2D eigenvalue weighted by molar-refractivity contribution is 0.968. The summed E-state index contributed by atoms with van der Waals surface area (Å²) in [6, 6.07) is 14.3. The highest BCUT2D eigenvalue weighted by molar-refractivity contribution is 5.59. The molecule has 0 amide bonds. The molecule has 88 valence electrons. The highest BCUT2D eigenvalue weighted by Crippen LogP contribution is 2.21. The second-order valence-corrected chi connectivity index (χ2v) is 3.95. The van der Waals surface area contributed by atoms with Crippen molar-refractivity contribution in [3.8, 4) is 0 Å². The summed E-state index contributed by atoms with van der Waals surface area (Å²) in [5.41, 5.74) is 7.93. The molecule has 0 saturated heterocycles. The maximum absolute atomic E-state index is 5.53. The van der Waals surface area contributed by atoms with Crippen molar-refractivity contribution in [2.45, 2.75) is 6.42 Å². The predicted molar refractivity (Wildman–Crippen MR) is 71.5 cm³/mol. The number of anilines is 2. The largest absolute Gasteiger partial charge is 0.330 e. The average molecular weight is 227 g/mol. The fourth-order valence-corrected chi connectivity index (χ4v) is 1.74. The topological polar surface area (TPSA) is 42.1 Å². The molecule has 0 atom stereocenters. The number of aromatic nitrogens is 1. The predicted octanol–water partition coefficient (Wildman–Crippen LogP) is 2.35. The molecular formula is C14H17N3. The Hall–Kier alpha value is -1.87. The molecule has 17 heavy (non-hydrogen) atoms. The van der Waals surface area contributed by atoms with Crippen LogP contribution < -0.4 is 10.6 Å². The Bertz CT molecular complexity index is 451. The van der Waals surface area contributed by atoms with Crippen LogP contribution in [0.15, 0.2) is 48.7 Å². The molecule has 2 N–H and O–H groups in total. The Morgan fingerprint density at radius 1 is 1.12 bits per heavy atom. The number of pyridine rings is 1. The number of hydrogen-bond acceptors (Lipinski definition) is 3. The summed E-state index contributed by atoms with van der Waals surface area (Å²) in [7, 11) is 2.01. The highest BCUT2D eigenvalue weighted by Gasteiger charge is 2.03. The van der Waals surface area contributed by atoms with Crippen LogP contribution in [-0.4, -0.2) is 18.6 Å². The fraction of sp³-hybridized carbons (Fsp3) is 0.214. The van der Waals surface area contributed by atoms with E-state index in [0.29, 0.717) is 6.54 Å². The van der Waals surface area contributed by atoms with Gasteiger partial charge in [-0.3, -0.25) is 0 Å². The molecule has 1 aromatic heterocycles. The van der Waals surface area contributed by atoms with Crippen LogP contribution >= 0.6 is 0 Å². The second kappa shape index (κ2) is 5.46. The van der Waals surface area contributed by atoms with Gasteiger partial charge < -0.3 is 10.6 Å². The molecule has 0 fully saturated rings. The molecule has 2 rings (SSSR count). The van der Waals surface area contributed by atoms with Crippen molar-refractivity contribution in [1.82, 2.24) is 4.98 Å². The normalized spacial score (nSPS) is 10.2. The minimum Gasteiger partial charge on any atom is -0.330 e. The molecule has 0 aliphatic rings. The van der Waals surface area contributed by atoms with E-state index in [9.17, 15) is 0 Å². The summed E-state index contributed by atoms with van der Waals surface area (Å²) in [5, 5.41) is 0. The van der Waals surface area contributed by atoms with E-state index in [0.717, 1.165) is 17.9 Å². The molecule has 0 bridgehead atoms. The van der Waals surface area contributed by atoms with Crippen LogP contribution in [-0.2, 0) is 6.42 Å². The van der Waals surface area contributed by atoms with Crippen molar-refractivity contribution in [3.63, 3.8) is 0 Å². The van der Waals surface area contributed by atoms with E-state index in [1.165, 1.54) is 5.56 Å². The van der Waals surface area contributed by atoms with Gasteiger partial charge in [0.15, 0.2) is 0 Å². The van der Waals surface area contributed by atoms with Crippen molar-refractivity contribution < 1.29 is 0 Å². The first kappa shape index (κ1) is 11.6. The third kappa shape index (κ3) is 2.82. The van der Waals surface area contributed by atoms with Crippen molar-refractivity contribution >= 4 is 11.5 Å². The summed E-state index contributed by atoms with van der Waals surface area (Å²) in [4.78, 5) is 6.38. The number of rotatable bonds is 4. The van der Waals surface area contributed by atoms with Crippen LogP contribution in [0, 0.1) is 0 Å². The molecule has 0 radical (unpaired) electrons. The van der Waals surface area contributed by atoms with Crippen LogP contribution in [0.1, 0.15) is 5.56 Å². The van der Waals surface area contributed by atoms with Gasteiger partial charge in [-0.25, -0.2) is 4.98 Å². The van der Waals surface area contributed by atoms with Crippen molar-refractivity contribution in [2.75, 3.05) is 18.5 Å². The first-order valence-electron chi connectivity index (χ1n) is 5.75. The van der Waals surface area contributed by atoms with Gasteiger partial charge in [0.25, 0.3) is 0 Å². The van der Waals surface area contributed by atoms with Gasteiger partial charge in [-0.15, -0.1) is 0 Å². The number of nitrogens with zero attached hydrogens (tertiary/aromatic N) is 2. The summed E-state index contributed by atoms with van der Waals surface area (Å²) >= 11 is 0. The van der Waals surface area contributed by atoms with Crippen LogP contribution in [0.5, 0.6) is 0 Å². The van der Waals surface area contributed by atoms with Gasteiger partial charge in [0.05, 0.1) is 0 Å². The number of nitrogens with two attached hydrogens (primary N) is 1. The Labute approximate surface area is 102 Å². The smallest absolute Gasteiger partial charge is 0.132 e. The molecule has 0 aliphatic heterocycles. The summed E-state index contributed by atoms with van der Waals surface area (Å²) in [6.45, 7) is 0.690. The Kier molecular flexibility index (Phi) is 3.73. The summed E-state index contributed by atoms with van der Waals surface area (Å²) < 4.78 is 0. The van der Waals surface area contributed by atoms with Gasteiger partial charge in [-0.2, -0.15) is 0 Å². The van der Waals surface area contributed by atoms with E-state index < -0.39 is 0 Å². The average Bonchev–Trinajstić information content (AvgIpc) is 2.40. The Balaban J connectivity index is 2.17. The Morgan fingerprint density at radius 2 is 1.88 bits per heavy atom. The van der Waals surface area contributed by atoms with Gasteiger partial charge in [0.2, 0.25) is 0 Å². The molecule has 3 nitrogen and oxygen atoms in total. The van der Waals surface area contributed by atoms with Crippen molar-refractivity contribution in [3.05, 3.63) is 54.2 Å². The lowest BCUT2D eigenvalue weighted by Crippen LogP contribution is -2.11. The van der Waals surface area contributed by atoms with Gasteiger partial charge in [0, 0.05) is 18.9 Å². The molecule has 2 aromatic rings. The van der Waals surface area contributed by atoms with Gasteiger partial charge in [0.1, 0.15) is 5.82 Å². The van der Waals surface area contributed by atoms with Crippen LogP contribution in [0.4, 0.5) is 11.5 Å². The zero-order chi connectivity index (χ0) is 12.1. The minimum atomic E-state index is 0.690. The minimum absolute atomic E-state index is 0.690. The molecule has 3 heteroatoms. The highest BCUT2D eigenvalue weighted by atomic mass is 15.2. The van der Waals surface area contributed by atoms with Crippen LogP contribution in [0.3, 0.4) is 0 Å². The van der Waals surface area contributed by atoms with Crippen LogP contribution in [0.2, 0.25) is 0 Å². The molecule has 0 unspecified atom stereocenters. The van der Waals surface area contributed by atoms with Crippen molar-refractivity contribution in [1.29, 1.82) is 0 Å². The summed E-state index contributed by atoms with van der Waals surface area (Å²) in [5.74, 6) is 0.944. The third-order valence-corrected chi connectivity index (χ3v) is 2.75. The standard InChI is InChI=1S/C14H17N3/c1-17(14-4-2-3-11-16-14)13-7-5-12(6-8-13)9-10-15/h2-8,11H,9-10,15H2,1H3. The SMILES string of the molecule is CN(c1ccc(CCN)cc1)c1ccccn1. The number of hydrogen-bond donors (Lipinski definition) is 1. The maximum Gasteiger partial charge on any atom is 0.132 e.